The number of aliphatic carboxylic acids is 1. The molecule has 6 N–H and O–H groups in total. The second kappa shape index (κ2) is 11.3. The monoisotopic (exact) mass is 434 g/mol. The van der Waals surface area contributed by atoms with Crippen molar-refractivity contribution in [3.63, 3.8) is 0 Å². The minimum atomic E-state index is -1.21. The molecule has 1 aliphatic rings. The highest BCUT2D eigenvalue weighted by Gasteiger charge is 2.31. The lowest BCUT2D eigenvalue weighted by Gasteiger charge is -2.26. The van der Waals surface area contributed by atoms with E-state index in [1.54, 1.807) is 26.0 Å². The van der Waals surface area contributed by atoms with Crippen molar-refractivity contribution < 1.29 is 29.4 Å². The van der Waals surface area contributed by atoms with E-state index in [0.29, 0.717) is 12.0 Å². The number of nitrogens with one attached hydrogen (secondary N) is 4. The normalized spacial score (nSPS) is 17.6. The molecule has 3 amide bonds. The Morgan fingerprint density at radius 2 is 1.77 bits per heavy atom. The molecule has 1 saturated heterocycles. The molecule has 0 spiro atoms. The number of carbonyl (C=O) groups is 4. The number of carbonyl (C=O) groups excluding carboxylic acids is 3. The van der Waals surface area contributed by atoms with Gasteiger partial charge < -0.3 is 31.5 Å². The number of carboxylic acid groups (broad SMARTS) is 1. The highest BCUT2D eigenvalue weighted by atomic mass is 16.4. The summed E-state index contributed by atoms with van der Waals surface area (Å²) in [7, 11) is 0. The van der Waals surface area contributed by atoms with Crippen LogP contribution in [0.2, 0.25) is 0 Å². The van der Waals surface area contributed by atoms with Gasteiger partial charge in [0.05, 0.1) is 6.04 Å². The molecule has 31 heavy (non-hydrogen) atoms. The third-order valence-corrected chi connectivity index (χ3v) is 5.05. The summed E-state index contributed by atoms with van der Waals surface area (Å²) in [5.74, 6) is -2.84. The van der Waals surface area contributed by atoms with Crippen LogP contribution in [0, 0.1) is 5.92 Å². The van der Waals surface area contributed by atoms with Crippen LogP contribution in [0.1, 0.15) is 32.3 Å². The van der Waals surface area contributed by atoms with Crippen molar-refractivity contribution in [2.75, 3.05) is 13.1 Å². The largest absolute Gasteiger partial charge is 0.508 e. The third kappa shape index (κ3) is 7.56. The molecule has 0 radical (unpaired) electrons. The Hall–Kier alpha value is -3.14. The van der Waals surface area contributed by atoms with E-state index in [4.69, 9.17) is 5.11 Å². The predicted octanol–water partition coefficient (Wildman–Crippen LogP) is -0.487. The summed E-state index contributed by atoms with van der Waals surface area (Å²) >= 11 is 0. The van der Waals surface area contributed by atoms with Gasteiger partial charge in [0.15, 0.2) is 0 Å². The molecular formula is C21H30N4O6. The summed E-state index contributed by atoms with van der Waals surface area (Å²) in [6.07, 6.45) is 1.66. The Morgan fingerprint density at radius 1 is 1.10 bits per heavy atom. The van der Waals surface area contributed by atoms with Crippen LogP contribution in [-0.2, 0) is 25.6 Å². The third-order valence-electron chi connectivity index (χ3n) is 5.05. The van der Waals surface area contributed by atoms with E-state index in [1.807, 2.05) is 0 Å². The Labute approximate surface area is 180 Å². The molecule has 0 aromatic heterocycles. The SMILES string of the molecule is CC(C)C(NC(=O)C1CCCN1)C(=O)NC(Cc1ccc(O)cc1)C(=O)NCC(=O)O. The Morgan fingerprint density at radius 3 is 2.32 bits per heavy atom. The second-order valence-corrected chi connectivity index (χ2v) is 7.92. The lowest BCUT2D eigenvalue weighted by Crippen LogP contribution is -2.58. The number of rotatable bonds is 10. The van der Waals surface area contributed by atoms with E-state index in [0.717, 1.165) is 13.0 Å². The summed E-state index contributed by atoms with van der Waals surface area (Å²) in [5.41, 5.74) is 0.661. The van der Waals surface area contributed by atoms with Crippen LogP contribution in [-0.4, -0.2) is 65.1 Å². The molecule has 1 aromatic rings. The van der Waals surface area contributed by atoms with E-state index < -0.39 is 36.4 Å². The molecule has 0 bridgehead atoms. The fourth-order valence-corrected chi connectivity index (χ4v) is 3.32. The zero-order chi connectivity index (χ0) is 23.0. The summed E-state index contributed by atoms with van der Waals surface area (Å²) in [5, 5.41) is 29.0. The second-order valence-electron chi connectivity index (χ2n) is 7.92. The van der Waals surface area contributed by atoms with Crippen molar-refractivity contribution in [2.24, 2.45) is 5.92 Å². The quantitative estimate of drug-likeness (QED) is 0.290. The molecule has 1 fully saturated rings. The van der Waals surface area contributed by atoms with Crippen LogP contribution in [0.3, 0.4) is 0 Å². The predicted molar refractivity (Wildman–Crippen MR) is 112 cm³/mol. The number of carboxylic acids is 1. The molecule has 10 heteroatoms. The van der Waals surface area contributed by atoms with Crippen LogP contribution in [0.25, 0.3) is 0 Å². The minimum Gasteiger partial charge on any atom is -0.508 e. The summed E-state index contributed by atoms with van der Waals surface area (Å²) in [6.45, 7) is 3.73. The first-order chi connectivity index (χ1) is 14.7. The maximum atomic E-state index is 12.9. The first-order valence-corrected chi connectivity index (χ1v) is 10.3. The van der Waals surface area contributed by atoms with E-state index >= 15 is 0 Å². The highest BCUT2D eigenvalue weighted by molar-refractivity contribution is 5.94. The van der Waals surface area contributed by atoms with Crippen LogP contribution >= 0.6 is 0 Å². The number of hydrogen-bond acceptors (Lipinski definition) is 6. The van der Waals surface area contributed by atoms with E-state index in [1.165, 1.54) is 12.1 Å². The fourth-order valence-electron chi connectivity index (χ4n) is 3.32. The molecule has 170 valence electrons. The van der Waals surface area contributed by atoms with Gasteiger partial charge in [-0.3, -0.25) is 19.2 Å². The van der Waals surface area contributed by atoms with Crippen LogP contribution in [0.15, 0.2) is 24.3 Å². The Balaban J connectivity index is 2.11. The van der Waals surface area contributed by atoms with Crippen molar-refractivity contribution in [1.29, 1.82) is 0 Å². The van der Waals surface area contributed by atoms with Gasteiger partial charge in [0.2, 0.25) is 17.7 Å². The summed E-state index contributed by atoms with van der Waals surface area (Å²) in [4.78, 5) is 48.8. The maximum absolute atomic E-state index is 12.9. The molecule has 3 atom stereocenters. The first kappa shape index (κ1) is 24.1. The maximum Gasteiger partial charge on any atom is 0.322 e. The summed E-state index contributed by atoms with van der Waals surface area (Å²) in [6, 6.07) is 3.85. The zero-order valence-electron chi connectivity index (χ0n) is 17.7. The standard InChI is InChI=1S/C21H30N4O6/c1-12(2)18(25-20(30)15-4-3-9-22-15)21(31)24-16(19(29)23-11-17(27)28)10-13-5-7-14(26)8-6-13/h5-8,12,15-16,18,22,26H,3-4,9-11H2,1-2H3,(H,23,29)(H,24,31)(H,25,30)(H,27,28). The molecule has 1 aliphatic heterocycles. The molecule has 1 aromatic carbocycles. The first-order valence-electron chi connectivity index (χ1n) is 10.3. The fraction of sp³-hybridized carbons (Fsp3) is 0.524. The number of phenols is 1. The van der Waals surface area contributed by atoms with Crippen molar-refractivity contribution in [1.82, 2.24) is 21.3 Å². The lowest BCUT2D eigenvalue weighted by molar-refractivity contribution is -0.138. The summed E-state index contributed by atoms with van der Waals surface area (Å²) < 4.78 is 0. The van der Waals surface area contributed by atoms with Crippen molar-refractivity contribution in [2.45, 2.75) is 51.2 Å². The van der Waals surface area contributed by atoms with Gasteiger partial charge in [0, 0.05) is 6.42 Å². The minimum absolute atomic E-state index is 0.0581. The molecule has 0 aliphatic carbocycles. The Bertz CT molecular complexity index is 790. The van der Waals surface area contributed by atoms with Crippen LogP contribution in [0.4, 0.5) is 0 Å². The van der Waals surface area contributed by atoms with Gasteiger partial charge in [-0.2, -0.15) is 0 Å². The van der Waals surface area contributed by atoms with E-state index in [-0.39, 0.29) is 30.0 Å². The van der Waals surface area contributed by atoms with Gasteiger partial charge in [0.1, 0.15) is 24.4 Å². The van der Waals surface area contributed by atoms with Gasteiger partial charge in [-0.25, -0.2) is 0 Å². The number of aromatic hydroxyl groups is 1. The van der Waals surface area contributed by atoms with Gasteiger partial charge in [-0.05, 0) is 43.0 Å². The van der Waals surface area contributed by atoms with Gasteiger partial charge >= 0.3 is 5.97 Å². The molecule has 10 nitrogen and oxygen atoms in total. The average molecular weight is 434 g/mol. The molecular weight excluding hydrogens is 404 g/mol. The zero-order valence-corrected chi connectivity index (χ0v) is 17.7. The lowest BCUT2D eigenvalue weighted by atomic mass is 10.0. The van der Waals surface area contributed by atoms with E-state index in [2.05, 4.69) is 21.3 Å². The van der Waals surface area contributed by atoms with Gasteiger partial charge in [-0.1, -0.05) is 26.0 Å². The Kier molecular flexibility index (Phi) is 8.80. The van der Waals surface area contributed by atoms with Gasteiger partial charge in [-0.15, -0.1) is 0 Å². The van der Waals surface area contributed by atoms with Crippen molar-refractivity contribution >= 4 is 23.7 Å². The molecule has 0 saturated carbocycles. The van der Waals surface area contributed by atoms with Crippen molar-refractivity contribution in [3.05, 3.63) is 29.8 Å². The number of amides is 3. The highest BCUT2D eigenvalue weighted by Crippen LogP contribution is 2.13. The number of benzene rings is 1. The molecule has 3 unspecified atom stereocenters. The molecule has 1 heterocycles. The average Bonchev–Trinajstić information content (AvgIpc) is 3.25. The number of phenolic OH excluding ortho intramolecular Hbond substituents is 1. The number of hydrogen-bond donors (Lipinski definition) is 6. The van der Waals surface area contributed by atoms with Crippen LogP contribution in [0.5, 0.6) is 5.75 Å². The molecule has 2 rings (SSSR count). The van der Waals surface area contributed by atoms with Gasteiger partial charge in [0.25, 0.3) is 0 Å². The topological polar surface area (TPSA) is 157 Å². The van der Waals surface area contributed by atoms with Crippen LogP contribution < -0.4 is 21.3 Å². The van der Waals surface area contributed by atoms with E-state index in [9.17, 15) is 24.3 Å². The van der Waals surface area contributed by atoms with Crippen molar-refractivity contribution in [3.8, 4) is 5.75 Å². The smallest absolute Gasteiger partial charge is 0.322 e.